The molecule has 0 aromatic heterocycles. The molecule has 0 saturated carbocycles. The van der Waals surface area contributed by atoms with E-state index >= 15 is 0 Å². The quantitative estimate of drug-likeness (QED) is 0.769. The lowest BCUT2D eigenvalue weighted by Crippen LogP contribution is -2.18. The fourth-order valence-corrected chi connectivity index (χ4v) is 2.70. The molecule has 0 fully saturated rings. The molecule has 112 valence electrons. The predicted octanol–water partition coefficient (Wildman–Crippen LogP) is 4.60. The maximum atomic E-state index is 5.55. The van der Waals surface area contributed by atoms with Crippen LogP contribution in [0.15, 0.2) is 48.5 Å². The van der Waals surface area contributed by atoms with Crippen molar-refractivity contribution in [1.29, 1.82) is 0 Å². The van der Waals surface area contributed by atoms with Crippen molar-refractivity contribution in [2.24, 2.45) is 5.73 Å². The Morgan fingerprint density at radius 2 is 1.33 bits per heavy atom. The third-order valence-corrected chi connectivity index (χ3v) is 4.37. The maximum Gasteiger partial charge on any atom is 0.0146 e. The minimum absolute atomic E-state index is 0.0451. The summed E-state index contributed by atoms with van der Waals surface area (Å²) in [5, 5.41) is 0. The van der Waals surface area contributed by atoms with Gasteiger partial charge in [0.05, 0.1) is 0 Å². The first-order valence-corrected chi connectivity index (χ1v) is 7.90. The van der Waals surface area contributed by atoms with Crippen LogP contribution in [0.2, 0.25) is 0 Å². The molecule has 0 aliphatic rings. The SMILES string of the molecule is Cc1ccc(C(C)(C)c2ccc(CCCCN)cc2)cc1. The zero-order chi connectivity index (χ0) is 15.3. The lowest BCUT2D eigenvalue weighted by atomic mass is 9.77. The van der Waals surface area contributed by atoms with Gasteiger partial charge in [0.2, 0.25) is 0 Å². The monoisotopic (exact) mass is 281 g/mol. The molecule has 21 heavy (non-hydrogen) atoms. The number of nitrogens with two attached hydrogens (primary N) is 1. The van der Waals surface area contributed by atoms with Crippen LogP contribution in [-0.4, -0.2) is 6.54 Å². The Morgan fingerprint density at radius 3 is 1.86 bits per heavy atom. The molecule has 0 heterocycles. The molecule has 0 aliphatic heterocycles. The summed E-state index contributed by atoms with van der Waals surface area (Å²) in [6, 6.07) is 17.9. The van der Waals surface area contributed by atoms with E-state index in [0.29, 0.717) is 0 Å². The fraction of sp³-hybridized carbons (Fsp3) is 0.400. The summed E-state index contributed by atoms with van der Waals surface area (Å²) in [6.07, 6.45) is 3.41. The first-order chi connectivity index (χ1) is 10.0. The summed E-state index contributed by atoms with van der Waals surface area (Å²) in [5.74, 6) is 0. The standard InChI is InChI=1S/C20H27N/c1-16-7-11-18(12-8-16)20(2,3)19-13-9-17(10-14-19)6-4-5-15-21/h7-14H,4-6,15,21H2,1-3H3. The number of hydrogen-bond acceptors (Lipinski definition) is 1. The molecule has 2 N–H and O–H groups in total. The number of aryl methyl sites for hydroxylation is 2. The first-order valence-electron chi connectivity index (χ1n) is 7.90. The highest BCUT2D eigenvalue weighted by Crippen LogP contribution is 2.31. The van der Waals surface area contributed by atoms with E-state index in [1.807, 2.05) is 0 Å². The normalized spacial score (nSPS) is 11.6. The van der Waals surface area contributed by atoms with Crippen LogP contribution in [0.3, 0.4) is 0 Å². The van der Waals surface area contributed by atoms with Crippen LogP contribution in [0.1, 0.15) is 48.9 Å². The molecule has 2 aromatic carbocycles. The third-order valence-electron chi connectivity index (χ3n) is 4.37. The highest BCUT2D eigenvalue weighted by atomic mass is 14.5. The first kappa shape index (κ1) is 15.8. The number of benzene rings is 2. The lowest BCUT2D eigenvalue weighted by molar-refractivity contribution is 0.640. The summed E-state index contributed by atoms with van der Waals surface area (Å²) in [7, 11) is 0. The second kappa shape index (κ2) is 6.91. The Hall–Kier alpha value is -1.60. The van der Waals surface area contributed by atoms with Gasteiger partial charge in [0.1, 0.15) is 0 Å². The lowest BCUT2D eigenvalue weighted by Gasteiger charge is -2.26. The predicted molar refractivity (Wildman–Crippen MR) is 91.7 cm³/mol. The molecule has 0 atom stereocenters. The molecule has 1 nitrogen and oxygen atoms in total. The van der Waals surface area contributed by atoms with Crippen molar-refractivity contribution >= 4 is 0 Å². The van der Waals surface area contributed by atoms with Crippen molar-refractivity contribution in [3.63, 3.8) is 0 Å². The van der Waals surface area contributed by atoms with Gasteiger partial charge in [-0.05, 0) is 49.4 Å². The van der Waals surface area contributed by atoms with Crippen molar-refractivity contribution in [2.75, 3.05) is 6.54 Å². The van der Waals surface area contributed by atoms with Crippen LogP contribution in [0, 0.1) is 6.92 Å². The third kappa shape index (κ3) is 3.95. The Balaban J connectivity index is 2.14. The van der Waals surface area contributed by atoms with E-state index in [1.165, 1.54) is 28.7 Å². The van der Waals surface area contributed by atoms with Gasteiger partial charge >= 0.3 is 0 Å². The Morgan fingerprint density at radius 1 is 0.810 bits per heavy atom. The van der Waals surface area contributed by atoms with Crippen LogP contribution in [-0.2, 0) is 11.8 Å². The average molecular weight is 281 g/mol. The van der Waals surface area contributed by atoms with Crippen LogP contribution in [0.4, 0.5) is 0 Å². The van der Waals surface area contributed by atoms with E-state index in [0.717, 1.165) is 19.4 Å². The molecule has 0 radical (unpaired) electrons. The van der Waals surface area contributed by atoms with Gasteiger partial charge in [0.25, 0.3) is 0 Å². The van der Waals surface area contributed by atoms with Crippen molar-refractivity contribution in [3.05, 3.63) is 70.8 Å². The molecule has 1 heteroatoms. The number of rotatable bonds is 6. The fourth-order valence-electron chi connectivity index (χ4n) is 2.70. The van der Waals surface area contributed by atoms with Gasteiger partial charge in [-0.25, -0.2) is 0 Å². The van der Waals surface area contributed by atoms with E-state index < -0.39 is 0 Å². The Kier molecular flexibility index (Phi) is 5.19. The van der Waals surface area contributed by atoms with Gasteiger partial charge in [-0.15, -0.1) is 0 Å². The second-order valence-corrected chi connectivity index (χ2v) is 6.43. The second-order valence-electron chi connectivity index (χ2n) is 6.43. The molecule has 0 spiro atoms. The van der Waals surface area contributed by atoms with E-state index in [2.05, 4.69) is 69.3 Å². The van der Waals surface area contributed by atoms with Gasteiger partial charge in [-0.3, -0.25) is 0 Å². The van der Waals surface area contributed by atoms with Crippen molar-refractivity contribution in [2.45, 2.75) is 45.4 Å². The Bertz CT molecular complexity index is 549. The van der Waals surface area contributed by atoms with Gasteiger partial charge in [-0.1, -0.05) is 67.9 Å². The molecular formula is C20H27N. The number of unbranched alkanes of at least 4 members (excludes halogenated alkanes) is 1. The summed E-state index contributed by atoms with van der Waals surface area (Å²) >= 11 is 0. The van der Waals surface area contributed by atoms with Crippen molar-refractivity contribution < 1.29 is 0 Å². The average Bonchev–Trinajstić information content (AvgIpc) is 2.48. The topological polar surface area (TPSA) is 26.0 Å². The van der Waals surface area contributed by atoms with E-state index in [4.69, 9.17) is 5.73 Å². The largest absolute Gasteiger partial charge is 0.330 e. The van der Waals surface area contributed by atoms with Gasteiger partial charge in [0, 0.05) is 5.41 Å². The number of hydrogen-bond donors (Lipinski definition) is 1. The summed E-state index contributed by atoms with van der Waals surface area (Å²) < 4.78 is 0. The summed E-state index contributed by atoms with van der Waals surface area (Å²) in [5.41, 5.74) is 11.0. The molecule has 2 aromatic rings. The van der Waals surface area contributed by atoms with E-state index in [-0.39, 0.29) is 5.41 Å². The maximum absolute atomic E-state index is 5.55. The molecule has 2 rings (SSSR count). The highest BCUT2D eigenvalue weighted by molar-refractivity contribution is 5.39. The van der Waals surface area contributed by atoms with Crippen LogP contribution >= 0.6 is 0 Å². The van der Waals surface area contributed by atoms with Crippen molar-refractivity contribution in [1.82, 2.24) is 0 Å². The molecule has 0 aliphatic carbocycles. The van der Waals surface area contributed by atoms with Gasteiger partial charge in [0.15, 0.2) is 0 Å². The minimum Gasteiger partial charge on any atom is -0.330 e. The van der Waals surface area contributed by atoms with E-state index in [1.54, 1.807) is 0 Å². The highest BCUT2D eigenvalue weighted by Gasteiger charge is 2.22. The van der Waals surface area contributed by atoms with Gasteiger partial charge < -0.3 is 5.73 Å². The van der Waals surface area contributed by atoms with Crippen molar-refractivity contribution in [3.8, 4) is 0 Å². The minimum atomic E-state index is 0.0451. The molecule has 0 unspecified atom stereocenters. The van der Waals surface area contributed by atoms with Crippen LogP contribution in [0.25, 0.3) is 0 Å². The zero-order valence-electron chi connectivity index (χ0n) is 13.5. The molecule has 0 saturated heterocycles. The molecular weight excluding hydrogens is 254 g/mol. The summed E-state index contributed by atoms with van der Waals surface area (Å²) in [6.45, 7) is 7.51. The zero-order valence-corrected chi connectivity index (χ0v) is 13.5. The van der Waals surface area contributed by atoms with Crippen LogP contribution < -0.4 is 5.73 Å². The van der Waals surface area contributed by atoms with E-state index in [9.17, 15) is 0 Å². The Labute approximate surface area is 129 Å². The van der Waals surface area contributed by atoms with Gasteiger partial charge in [-0.2, -0.15) is 0 Å². The summed E-state index contributed by atoms with van der Waals surface area (Å²) in [4.78, 5) is 0. The molecule has 0 amide bonds. The van der Waals surface area contributed by atoms with Crippen LogP contribution in [0.5, 0.6) is 0 Å². The molecule has 0 bridgehead atoms. The smallest absolute Gasteiger partial charge is 0.0146 e.